The Kier molecular flexibility index (Phi) is 3.48. The third kappa shape index (κ3) is 2.55. The van der Waals surface area contributed by atoms with Crippen LogP contribution in [0.5, 0.6) is 23.0 Å². The van der Waals surface area contributed by atoms with Crippen LogP contribution in [-0.2, 0) is 6.54 Å². The highest BCUT2D eigenvalue weighted by molar-refractivity contribution is 5.47. The van der Waals surface area contributed by atoms with E-state index in [-0.39, 0.29) is 6.10 Å². The Hall–Kier alpha value is -2.40. The van der Waals surface area contributed by atoms with E-state index in [0.29, 0.717) is 13.4 Å². The number of rotatable bonds is 4. The zero-order chi connectivity index (χ0) is 14.8. The van der Waals surface area contributed by atoms with Crippen LogP contribution >= 0.6 is 0 Å². The SMILES string of the molecule is c1ccc2c(c1)OC[C@H](C[NH2+]Cc1cccc3c1OCO3)O2. The molecule has 0 bridgehead atoms. The highest BCUT2D eigenvalue weighted by Crippen LogP contribution is 2.34. The Morgan fingerprint density at radius 3 is 2.73 bits per heavy atom. The third-order valence-electron chi connectivity index (χ3n) is 3.84. The van der Waals surface area contributed by atoms with E-state index in [0.717, 1.165) is 41.7 Å². The van der Waals surface area contributed by atoms with Crippen LogP contribution < -0.4 is 24.3 Å². The average molecular weight is 300 g/mol. The van der Waals surface area contributed by atoms with Crippen LogP contribution in [0, 0.1) is 0 Å². The lowest BCUT2D eigenvalue weighted by molar-refractivity contribution is -0.676. The average Bonchev–Trinajstić information content (AvgIpc) is 3.04. The number of hydrogen-bond acceptors (Lipinski definition) is 4. The second-order valence-corrected chi connectivity index (χ2v) is 5.38. The van der Waals surface area contributed by atoms with Crippen molar-refractivity contribution in [2.24, 2.45) is 0 Å². The van der Waals surface area contributed by atoms with Crippen molar-refractivity contribution in [3.8, 4) is 23.0 Å². The number of quaternary nitrogens is 1. The van der Waals surface area contributed by atoms with E-state index < -0.39 is 0 Å². The highest BCUT2D eigenvalue weighted by atomic mass is 16.7. The van der Waals surface area contributed by atoms with Gasteiger partial charge in [-0.3, -0.25) is 0 Å². The van der Waals surface area contributed by atoms with Crippen molar-refractivity contribution in [3.05, 3.63) is 48.0 Å². The largest absolute Gasteiger partial charge is 0.486 e. The van der Waals surface area contributed by atoms with E-state index in [1.807, 2.05) is 36.4 Å². The monoisotopic (exact) mass is 300 g/mol. The van der Waals surface area contributed by atoms with E-state index in [9.17, 15) is 0 Å². The van der Waals surface area contributed by atoms with Crippen LogP contribution in [-0.4, -0.2) is 26.0 Å². The summed E-state index contributed by atoms with van der Waals surface area (Å²) in [6, 6.07) is 13.8. The van der Waals surface area contributed by atoms with Crippen molar-refractivity contribution in [1.82, 2.24) is 0 Å². The second-order valence-electron chi connectivity index (χ2n) is 5.38. The van der Waals surface area contributed by atoms with E-state index in [4.69, 9.17) is 18.9 Å². The molecule has 0 amide bonds. The summed E-state index contributed by atoms with van der Waals surface area (Å²) < 4.78 is 22.6. The second kappa shape index (κ2) is 5.77. The molecule has 2 heterocycles. The topological polar surface area (TPSA) is 53.5 Å². The van der Waals surface area contributed by atoms with Crippen molar-refractivity contribution in [1.29, 1.82) is 0 Å². The van der Waals surface area contributed by atoms with Gasteiger partial charge in [-0.05, 0) is 24.3 Å². The zero-order valence-corrected chi connectivity index (χ0v) is 12.2. The van der Waals surface area contributed by atoms with E-state index in [1.54, 1.807) is 0 Å². The maximum Gasteiger partial charge on any atom is 0.231 e. The summed E-state index contributed by atoms with van der Waals surface area (Å²) >= 11 is 0. The van der Waals surface area contributed by atoms with Crippen LogP contribution in [0.4, 0.5) is 0 Å². The smallest absolute Gasteiger partial charge is 0.231 e. The summed E-state index contributed by atoms with van der Waals surface area (Å²) in [6.07, 6.45) is 0.0591. The summed E-state index contributed by atoms with van der Waals surface area (Å²) in [5.41, 5.74) is 1.15. The van der Waals surface area contributed by atoms with Gasteiger partial charge in [-0.1, -0.05) is 18.2 Å². The first kappa shape index (κ1) is 13.3. The van der Waals surface area contributed by atoms with Gasteiger partial charge >= 0.3 is 0 Å². The van der Waals surface area contributed by atoms with Crippen LogP contribution in [0.15, 0.2) is 42.5 Å². The van der Waals surface area contributed by atoms with Gasteiger partial charge in [0.2, 0.25) is 6.79 Å². The normalized spacial score (nSPS) is 18.3. The summed E-state index contributed by atoms with van der Waals surface area (Å²) in [4.78, 5) is 0. The highest BCUT2D eigenvalue weighted by Gasteiger charge is 2.23. The molecule has 114 valence electrons. The quantitative estimate of drug-likeness (QED) is 0.925. The number of fused-ring (bicyclic) bond motifs is 2. The molecule has 5 nitrogen and oxygen atoms in total. The molecule has 2 aliphatic rings. The molecule has 2 aromatic carbocycles. The molecule has 0 radical (unpaired) electrons. The number of nitrogens with two attached hydrogens (primary N) is 1. The molecular weight excluding hydrogens is 282 g/mol. The molecule has 2 N–H and O–H groups in total. The first-order valence-corrected chi connectivity index (χ1v) is 7.48. The first-order chi connectivity index (χ1) is 10.9. The fourth-order valence-corrected chi connectivity index (χ4v) is 2.76. The van der Waals surface area contributed by atoms with Gasteiger partial charge in [0.1, 0.15) is 19.7 Å². The number of para-hydroxylation sites is 3. The van der Waals surface area contributed by atoms with Gasteiger partial charge in [-0.15, -0.1) is 0 Å². The fourth-order valence-electron chi connectivity index (χ4n) is 2.76. The van der Waals surface area contributed by atoms with Crippen molar-refractivity contribution < 1.29 is 24.3 Å². The lowest BCUT2D eigenvalue weighted by Gasteiger charge is -2.25. The molecule has 0 fully saturated rings. The van der Waals surface area contributed by atoms with Crippen LogP contribution in [0.3, 0.4) is 0 Å². The van der Waals surface area contributed by atoms with Crippen molar-refractivity contribution in [2.75, 3.05) is 19.9 Å². The molecule has 4 rings (SSSR count). The van der Waals surface area contributed by atoms with Crippen molar-refractivity contribution in [3.63, 3.8) is 0 Å². The molecule has 0 aliphatic carbocycles. The Morgan fingerprint density at radius 1 is 0.909 bits per heavy atom. The summed E-state index contributed by atoms with van der Waals surface area (Å²) in [7, 11) is 0. The minimum Gasteiger partial charge on any atom is -0.486 e. The minimum atomic E-state index is 0.0591. The maximum absolute atomic E-state index is 5.95. The third-order valence-corrected chi connectivity index (χ3v) is 3.84. The lowest BCUT2D eigenvalue weighted by atomic mass is 10.2. The van der Waals surface area contributed by atoms with Gasteiger partial charge in [-0.2, -0.15) is 0 Å². The predicted octanol–water partition coefficient (Wildman–Crippen LogP) is 1.32. The molecule has 0 saturated carbocycles. The standard InChI is InChI=1S/C17H17NO4/c1-2-6-15-14(5-1)19-10-13(22-15)9-18-8-12-4-3-7-16-17(12)21-11-20-16/h1-7,13,18H,8-11H2/p+1/t13-/m0/s1. The van der Waals surface area contributed by atoms with E-state index >= 15 is 0 Å². The summed E-state index contributed by atoms with van der Waals surface area (Å²) in [6.45, 7) is 2.55. The summed E-state index contributed by atoms with van der Waals surface area (Å²) in [5, 5.41) is 2.21. The molecule has 1 atom stereocenters. The number of ether oxygens (including phenoxy) is 4. The number of hydrogen-bond donors (Lipinski definition) is 1. The molecule has 2 aliphatic heterocycles. The Balaban J connectivity index is 1.34. The summed E-state index contributed by atoms with van der Waals surface area (Å²) in [5.74, 6) is 3.34. The lowest BCUT2D eigenvalue weighted by Crippen LogP contribution is -2.85. The first-order valence-electron chi connectivity index (χ1n) is 7.48. The van der Waals surface area contributed by atoms with Gasteiger partial charge in [0.25, 0.3) is 0 Å². The molecule has 2 aromatic rings. The van der Waals surface area contributed by atoms with Gasteiger partial charge in [0.05, 0.1) is 5.56 Å². The molecule has 0 saturated heterocycles. The zero-order valence-electron chi connectivity index (χ0n) is 12.2. The van der Waals surface area contributed by atoms with E-state index in [1.165, 1.54) is 0 Å². The van der Waals surface area contributed by atoms with Crippen molar-refractivity contribution >= 4 is 0 Å². The fraction of sp³-hybridized carbons (Fsp3) is 0.294. The Bertz CT molecular complexity index is 673. The molecule has 0 aromatic heterocycles. The molecule has 0 unspecified atom stereocenters. The Morgan fingerprint density at radius 2 is 1.77 bits per heavy atom. The van der Waals surface area contributed by atoms with Crippen molar-refractivity contribution in [2.45, 2.75) is 12.6 Å². The van der Waals surface area contributed by atoms with Gasteiger partial charge < -0.3 is 24.3 Å². The van der Waals surface area contributed by atoms with Crippen LogP contribution in [0.1, 0.15) is 5.56 Å². The maximum atomic E-state index is 5.95. The van der Waals surface area contributed by atoms with Gasteiger partial charge in [-0.25, -0.2) is 0 Å². The Labute approximate surface area is 128 Å². The van der Waals surface area contributed by atoms with Gasteiger partial charge in [0, 0.05) is 0 Å². The number of benzene rings is 2. The minimum absolute atomic E-state index is 0.0591. The molecular formula is C17H18NO4+. The van der Waals surface area contributed by atoms with Crippen LogP contribution in [0.25, 0.3) is 0 Å². The predicted molar refractivity (Wildman–Crippen MR) is 79.4 cm³/mol. The molecule has 22 heavy (non-hydrogen) atoms. The van der Waals surface area contributed by atoms with E-state index in [2.05, 4.69) is 11.4 Å². The van der Waals surface area contributed by atoms with Gasteiger partial charge in [0.15, 0.2) is 29.1 Å². The molecule has 5 heteroatoms. The van der Waals surface area contributed by atoms with Crippen LogP contribution in [0.2, 0.25) is 0 Å². The molecule has 0 spiro atoms.